The molecule has 2 N–H and O–H groups in total. The van der Waals surface area contributed by atoms with E-state index in [0.29, 0.717) is 20.8 Å². The molecule has 3 nitrogen and oxygen atoms in total. The summed E-state index contributed by atoms with van der Waals surface area (Å²) < 4.78 is 0. The predicted octanol–water partition coefficient (Wildman–Crippen LogP) is 5.86. The summed E-state index contributed by atoms with van der Waals surface area (Å²) in [5.74, 6) is -0.227. The van der Waals surface area contributed by atoms with Gasteiger partial charge in [0.15, 0.2) is 5.11 Å². The molecule has 26 heavy (non-hydrogen) atoms. The van der Waals surface area contributed by atoms with E-state index in [1.54, 1.807) is 6.07 Å². The molecule has 0 atom stereocenters. The Morgan fingerprint density at radius 1 is 0.923 bits per heavy atom. The average molecular weight is 424 g/mol. The predicted molar refractivity (Wildman–Crippen MR) is 113 cm³/mol. The number of halogens is 3. The molecule has 1 amide bonds. The van der Waals surface area contributed by atoms with E-state index in [1.165, 1.54) is 6.07 Å². The Labute approximate surface area is 171 Å². The van der Waals surface area contributed by atoms with Crippen molar-refractivity contribution >= 4 is 74.5 Å². The van der Waals surface area contributed by atoms with Crippen LogP contribution >= 0.6 is 47.0 Å². The SMILES string of the molecule is O=C(Cc1cccc2ccccc12)NC(=S)Nc1cc(Cl)c(Cl)cc1Cl. The first-order valence-corrected chi connectivity index (χ1v) is 9.20. The van der Waals surface area contributed by atoms with Gasteiger partial charge in [-0.2, -0.15) is 0 Å². The number of benzene rings is 3. The maximum absolute atomic E-state index is 12.3. The van der Waals surface area contributed by atoms with Gasteiger partial charge < -0.3 is 10.6 Å². The summed E-state index contributed by atoms with van der Waals surface area (Å²) in [5, 5.41) is 8.79. The molecule has 0 bridgehead atoms. The monoisotopic (exact) mass is 422 g/mol. The van der Waals surface area contributed by atoms with Gasteiger partial charge in [-0.3, -0.25) is 4.79 Å². The number of rotatable bonds is 3. The summed E-state index contributed by atoms with van der Waals surface area (Å²) in [5.41, 5.74) is 1.40. The zero-order chi connectivity index (χ0) is 18.7. The summed E-state index contributed by atoms with van der Waals surface area (Å²) in [6, 6.07) is 16.8. The van der Waals surface area contributed by atoms with Crippen molar-refractivity contribution in [2.45, 2.75) is 6.42 Å². The fourth-order valence-corrected chi connectivity index (χ4v) is 3.38. The number of carbonyl (C=O) groups excluding carboxylic acids is 1. The molecule has 0 heterocycles. The van der Waals surface area contributed by atoms with Gasteiger partial charge in [-0.25, -0.2) is 0 Å². The Morgan fingerprint density at radius 2 is 1.62 bits per heavy atom. The van der Waals surface area contributed by atoms with Gasteiger partial charge in [-0.15, -0.1) is 0 Å². The van der Waals surface area contributed by atoms with E-state index in [9.17, 15) is 4.79 Å². The Balaban J connectivity index is 1.68. The number of hydrogen-bond donors (Lipinski definition) is 2. The van der Waals surface area contributed by atoms with Crippen LogP contribution in [0.5, 0.6) is 0 Å². The van der Waals surface area contributed by atoms with Crippen molar-refractivity contribution in [3.63, 3.8) is 0 Å². The molecule has 0 radical (unpaired) electrons. The molecule has 132 valence electrons. The van der Waals surface area contributed by atoms with Crippen LogP contribution in [0.25, 0.3) is 10.8 Å². The van der Waals surface area contributed by atoms with Crippen LogP contribution in [0.3, 0.4) is 0 Å². The molecule has 3 aromatic carbocycles. The van der Waals surface area contributed by atoms with Crippen LogP contribution in [0, 0.1) is 0 Å². The quantitative estimate of drug-likeness (QED) is 0.410. The maximum Gasteiger partial charge on any atom is 0.230 e. The first-order valence-electron chi connectivity index (χ1n) is 7.66. The van der Waals surface area contributed by atoms with Crippen molar-refractivity contribution in [1.29, 1.82) is 0 Å². The normalized spacial score (nSPS) is 10.6. The van der Waals surface area contributed by atoms with Crippen LogP contribution in [0.1, 0.15) is 5.56 Å². The van der Waals surface area contributed by atoms with Gasteiger partial charge in [0, 0.05) is 0 Å². The maximum atomic E-state index is 12.3. The lowest BCUT2D eigenvalue weighted by atomic mass is 10.0. The minimum Gasteiger partial charge on any atom is -0.331 e. The van der Waals surface area contributed by atoms with Crippen LogP contribution in [-0.2, 0) is 11.2 Å². The summed E-state index contributed by atoms with van der Waals surface area (Å²) in [6.07, 6.45) is 0.207. The van der Waals surface area contributed by atoms with E-state index in [-0.39, 0.29) is 17.4 Å². The fraction of sp³-hybridized carbons (Fsp3) is 0.0526. The fourth-order valence-electron chi connectivity index (χ4n) is 2.56. The Bertz CT molecular complexity index is 1000. The minimum absolute atomic E-state index is 0.135. The van der Waals surface area contributed by atoms with Gasteiger partial charge in [0.05, 0.1) is 27.2 Å². The van der Waals surface area contributed by atoms with Crippen LogP contribution in [0.15, 0.2) is 54.6 Å². The summed E-state index contributed by atoms with van der Waals surface area (Å²) in [7, 11) is 0. The topological polar surface area (TPSA) is 41.1 Å². The third-order valence-corrected chi connectivity index (χ3v) is 4.98. The molecule has 0 fully saturated rings. The molecule has 0 saturated heterocycles. The van der Waals surface area contributed by atoms with E-state index >= 15 is 0 Å². The van der Waals surface area contributed by atoms with Crippen molar-refractivity contribution in [2.75, 3.05) is 5.32 Å². The molecule has 7 heteroatoms. The van der Waals surface area contributed by atoms with E-state index in [0.717, 1.165) is 16.3 Å². The number of thiocarbonyl (C=S) groups is 1. The largest absolute Gasteiger partial charge is 0.331 e. The molecule has 0 aliphatic rings. The number of hydrogen-bond acceptors (Lipinski definition) is 2. The average Bonchev–Trinajstić information content (AvgIpc) is 2.60. The summed E-state index contributed by atoms with van der Waals surface area (Å²) in [4.78, 5) is 12.3. The van der Waals surface area contributed by atoms with Crippen LogP contribution in [0.4, 0.5) is 5.69 Å². The molecule has 0 aliphatic heterocycles. The number of fused-ring (bicyclic) bond motifs is 1. The minimum atomic E-state index is -0.227. The van der Waals surface area contributed by atoms with Crippen molar-refractivity contribution in [1.82, 2.24) is 5.32 Å². The van der Waals surface area contributed by atoms with Crippen molar-refractivity contribution in [3.05, 3.63) is 75.2 Å². The molecule has 3 rings (SSSR count). The summed E-state index contributed by atoms with van der Waals surface area (Å²) >= 11 is 23.2. The highest BCUT2D eigenvalue weighted by atomic mass is 35.5. The van der Waals surface area contributed by atoms with Crippen molar-refractivity contribution < 1.29 is 4.79 Å². The molecule has 0 spiro atoms. The number of anilines is 1. The smallest absolute Gasteiger partial charge is 0.230 e. The molecule has 0 aliphatic carbocycles. The number of amides is 1. The molecule has 0 saturated carbocycles. The highest BCUT2D eigenvalue weighted by molar-refractivity contribution is 7.80. The van der Waals surface area contributed by atoms with Crippen LogP contribution in [0.2, 0.25) is 15.1 Å². The molecular weight excluding hydrogens is 411 g/mol. The van der Waals surface area contributed by atoms with Crippen LogP contribution in [-0.4, -0.2) is 11.0 Å². The van der Waals surface area contributed by atoms with Gasteiger partial charge in [0.25, 0.3) is 0 Å². The second-order valence-electron chi connectivity index (χ2n) is 5.56. The Morgan fingerprint density at radius 3 is 2.42 bits per heavy atom. The van der Waals surface area contributed by atoms with Gasteiger partial charge in [0.1, 0.15) is 0 Å². The second kappa shape index (κ2) is 8.23. The Kier molecular flexibility index (Phi) is 5.99. The molecule has 0 unspecified atom stereocenters. The lowest BCUT2D eigenvalue weighted by Gasteiger charge is -2.12. The standard InChI is InChI=1S/C19H13Cl3N2OS/c20-14-9-16(22)17(10-15(14)21)23-19(26)24-18(25)8-12-6-3-5-11-4-1-2-7-13(11)12/h1-7,9-10H,8H2,(H2,23,24,25,26). The Hall–Kier alpha value is -1.85. The first-order chi connectivity index (χ1) is 12.4. The van der Waals surface area contributed by atoms with Crippen molar-refractivity contribution in [3.8, 4) is 0 Å². The molecule has 3 aromatic rings. The zero-order valence-corrected chi connectivity index (χ0v) is 16.4. The van der Waals surface area contributed by atoms with E-state index in [4.69, 9.17) is 47.0 Å². The third kappa shape index (κ3) is 4.46. The zero-order valence-electron chi connectivity index (χ0n) is 13.4. The van der Waals surface area contributed by atoms with Gasteiger partial charge >= 0.3 is 0 Å². The van der Waals surface area contributed by atoms with Gasteiger partial charge in [-0.1, -0.05) is 77.3 Å². The highest BCUT2D eigenvalue weighted by Crippen LogP contribution is 2.32. The lowest BCUT2D eigenvalue weighted by molar-refractivity contribution is -0.119. The van der Waals surface area contributed by atoms with Gasteiger partial charge in [-0.05, 0) is 40.7 Å². The molecular formula is C19H13Cl3N2OS. The molecule has 0 aromatic heterocycles. The van der Waals surface area contributed by atoms with E-state index in [1.807, 2.05) is 42.5 Å². The third-order valence-electron chi connectivity index (χ3n) is 3.74. The van der Waals surface area contributed by atoms with Crippen LogP contribution < -0.4 is 10.6 Å². The van der Waals surface area contributed by atoms with E-state index in [2.05, 4.69) is 10.6 Å². The summed E-state index contributed by atoms with van der Waals surface area (Å²) in [6.45, 7) is 0. The number of carbonyl (C=O) groups is 1. The second-order valence-corrected chi connectivity index (χ2v) is 7.19. The van der Waals surface area contributed by atoms with E-state index < -0.39 is 0 Å². The number of nitrogens with one attached hydrogen (secondary N) is 2. The lowest BCUT2D eigenvalue weighted by Crippen LogP contribution is -2.35. The first kappa shape index (κ1) is 18.9. The highest BCUT2D eigenvalue weighted by Gasteiger charge is 2.11. The van der Waals surface area contributed by atoms with Gasteiger partial charge in [0.2, 0.25) is 5.91 Å². The van der Waals surface area contributed by atoms with Crippen molar-refractivity contribution in [2.24, 2.45) is 0 Å².